The van der Waals surface area contributed by atoms with Gasteiger partial charge in [0.15, 0.2) is 0 Å². The number of furan rings is 1. The highest BCUT2D eigenvalue weighted by atomic mass is 32.2. The van der Waals surface area contributed by atoms with Crippen molar-refractivity contribution in [2.75, 3.05) is 25.0 Å². The van der Waals surface area contributed by atoms with Crippen molar-refractivity contribution in [2.45, 2.75) is 31.7 Å². The molecule has 2 rings (SSSR count). The molecule has 2 N–H and O–H groups in total. The van der Waals surface area contributed by atoms with E-state index in [-0.39, 0.29) is 23.4 Å². The van der Waals surface area contributed by atoms with E-state index in [4.69, 9.17) is 4.42 Å². The molecule has 1 heterocycles. The minimum atomic E-state index is -3.50. The summed E-state index contributed by atoms with van der Waals surface area (Å²) in [6, 6.07) is 9.72. The smallest absolute Gasteiger partial charge is 0.243 e. The van der Waals surface area contributed by atoms with Gasteiger partial charge in [-0.15, -0.1) is 0 Å². The zero-order valence-corrected chi connectivity index (χ0v) is 16.0. The van der Waals surface area contributed by atoms with Crippen molar-refractivity contribution in [3.05, 3.63) is 48.4 Å². The summed E-state index contributed by atoms with van der Waals surface area (Å²) in [5, 5.41) is 5.80. The number of amides is 1. The summed E-state index contributed by atoms with van der Waals surface area (Å²) in [6.07, 6.45) is 1.58. The maximum atomic E-state index is 12.4. The van der Waals surface area contributed by atoms with Crippen molar-refractivity contribution in [1.29, 1.82) is 0 Å². The maximum Gasteiger partial charge on any atom is 0.243 e. The van der Waals surface area contributed by atoms with E-state index >= 15 is 0 Å². The van der Waals surface area contributed by atoms with Gasteiger partial charge in [0.05, 0.1) is 23.7 Å². The Morgan fingerprint density at radius 3 is 2.35 bits per heavy atom. The molecule has 0 saturated heterocycles. The summed E-state index contributed by atoms with van der Waals surface area (Å²) in [6.45, 7) is 6.44. The monoisotopic (exact) mass is 379 g/mol. The third-order valence-electron chi connectivity index (χ3n) is 4.02. The van der Waals surface area contributed by atoms with Crippen LogP contribution in [0.1, 0.15) is 32.6 Å². The molecule has 0 fully saturated rings. The van der Waals surface area contributed by atoms with Gasteiger partial charge < -0.3 is 9.73 Å². The Morgan fingerprint density at radius 1 is 1.15 bits per heavy atom. The lowest BCUT2D eigenvalue weighted by Gasteiger charge is -2.18. The summed E-state index contributed by atoms with van der Waals surface area (Å²) in [5.74, 6) is 0.534. The minimum Gasteiger partial charge on any atom is -0.468 e. The van der Waals surface area contributed by atoms with Gasteiger partial charge in [-0.05, 0) is 43.3 Å². The standard InChI is InChI=1S/C18H25N3O4S/c1-4-21(5-2)26(23,24)16-10-8-15(9-11-16)20-18(22)13-19-14(3)17-7-6-12-25-17/h6-12,14,19H,4-5,13H2,1-3H3,(H,20,22)/t14-/m0/s1. The van der Waals surface area contributed by atoms with Crippen molar-refractivity contribution in [1.82, 2.24) is 9.62 Å². The predicted octanol–water partition coefficient (Wildman–Crippen LogP) is 2.60. The number of anilines is 1. The molecule has 0 aliphatic heterocycles. The molecular formula is C18H25N3O4S. The van der Waals surface area contributed by atoms with Crippen LogP contribution in [-0.4, -0.2) is 38.3 Å². The van der Waals surface area contributed by atoms with Gasteiger partial charge in [-0.1, -0.05) is 13.8 Å². The summed E-state index contributed by atoms with van der Waals surface area (Å²) in [4.78, 5) is 12.3. The fourth-order valence-corrected chi connectivity index (χ4v) is 3.97. The first-order chi connectivity index (χ1) is 12.4. The Bertz CT molecular complexity index is 797. The molecule has 0 saturated carbocycles. The zero-order chi connectivity index (χ0) is 19.2. The molecule has 1 amide bonds. The van der Waals surface area contributed by atoms with Gasteiger partial charge in [-0.2, -0.15) is 4.31 Å². The number of rotatable bonds is 9. The Hall–Kier alpha value is -2.16. The minimum absolute atomic E-state index is 0.0858. The Labute approximate surface area is 154 Å². The number of carbonyl (C=O) groups is 1. The lowest BCUT2D eigenvalue weighted by molar-refractivity contribution is -0.115. The van der Waals surface area contributed by atoms with E-state index in [9.17, 15) is 13.2 Å². The van der Waals surface area contributed by atoms with E-state index in [1.807, 2.05) is 13.0 Å². The van der Waals surface area contributed by atoms with Crippen molar-refractivity contribution in [3.63, 3.8) is 0 Å². The lowest BCUT2D eigenvalue weighted by atomic mass is 10.2. The average molecular weight is 379 g/mol. The van der Waals surface area contributed by atoms with Crippen molar-refractivity contribution < 1.29 is 17.6 Å². The fourth-order valence-electron chi connectivity index (χ4n) is 2.51. The first kappa shape index (κ1) is 20.2. The number of sulfonamides is 1. The molecule has 8 heteroatoms. The molecule has 1 aromatic carbocycles. The summed E-state index contributed by atoms with van der Waals surface area (Å²) in [7, 11) is -3.50. The second-order valence-electron chi connectivity index (χ2n) is 5.78. The summed E-state index contributed by atoms with van der Waals surface area (Å²) in [5.41, 5.74) is 0.543. The van der Waals surface area contributed by atoms with Gasteiger partial charge in [0, 0.05) is 18.8 Å². The molecule has 0 unspecified atom stereocenters. The Morgan fingerprint density at radius 2 is 1.81 bits per heavy atom. The quantitative estimate of drug-likeness (QED) is 0.699. The lowest BCUT2D eigenvalue weighted by Crippen LogP contribution is -2.31. The molecule has 1 atom stereocenters. The van der Waals surface area contributed by atoms with Crippen LogP contribution in [0.2, 0.25) is 0 Å². The SMILES string of the molecule is CCN(CC)S(=O)(=O)c1ccc(NC(=O)CN[C@@H](C)c2ccco2)cc1. The average Bonchev–Trinajstić information content (AvgIpc) is 3.16. The van der Waals surface area contributed by atoms with E-state index in [0.29, 0.717) is 18.8 Å². The molecule has 0 aliphatic rings. The van der Waals surface area contributed by atoms with E-state index in [1.165, 1.54) is 16.4 Å². The highest BCUT2D eigenvalue weighted by Crippen LogP contribution is 2.18. The molecule has 26 heavy (non-hydrogen) atoms. The molecule has 0 spiro atoms. The summed E-state index contributed by atoms with van der Waals surface area (Å²) < 4.78 is 31.5. The molecule has 142 valence electrons. The van der Waals surface area contributed by atoms with Crippen LogP contribution < -0.4 is 10.6 Å². The van der Waals surface area contributed by atoms with Crippen molar-refractivity contribution >= 4 is 21.6 Å². The zero-order valence-electron chi connectivity index (χ0n) is 15.2. The number of hydrogen-bond acceptors (Lipinski definition) is 5. The van der Waals surface area contributed by atoms with Crippen LogP contribution in [0.15, 0.2) is 52.0 Å². The number of nitrogens with one attached hydrogen (secondary N) is 2. The second-order valence-corrected chi connectivity index (χ2v) is 7.72. The Kier molecular flexibility index (Phi) is 6.96. The fraction of sp³-hybridized carbons (Fsp3) is 0.389. The topological polar surface area (TPSA) is 91.7 Å². The van der Waals surface area contributed by atoms with Crippen LogP contribution in [0.25, 0.3) is 0 Å². The normalized spacial score (nSPS) is 12.9. The van der Waals surface area contributed by atoms with E-state index in [0.717, 1.165) is 5.76 Å². The van der Waals surface area contributed by atoms with Gasteiger partial charge in [-0.3, -0.25) is 10.1 Å². The van der Waals surface area contributed by atoms with Gasteiger partial charge in [0.25, 0.3) is 0 Å². The third kappa shape index (κ3) is 4.94. The van der Waals surface area contributed by atoms with Crippen LogP contribution in [0.5, 0.6) is 0 Å². The van der Waals surface area contributed by atoms with Crippen LogP contribution in [-0.2, 0) is 14.8 Å². The van der Waals surface area contributed by atoms with Gasteiger partial charge in [0.1, 0.15) is 5.76 Å². The molecule has 0 bridgehead atoms. The van der Waals surface area contributed by atoms with Crippen molar-refractivity contribution in [2.24, 2.45) is 0 Å². The highest BCUT2D eigenvalue weighted by molar-refractivity contribution is 7.89. The first-order valence-electron chi connectivity index (χ1n) is 8.55. The number of carbonyl (C=O) groups excluding carboxylic acids is 1. The van der Waals surface area contributed by atoms with Crippen LogP contribution >= 0.6 is 0 Å². The van der Waals surface area contributed by atoms with Gasteiger partial charge >= 0.3 is 0 Å². The molecule has 0 radical (unpaired) electrons. The summed E-state index contributed by atoms with van der Waals surface area (Å²) >= 11 is 0. The van der Waals surface area contributed by atoms with Gasteiger partial charge in [0.2, 0.25) is 15.9 Å². The largest absolute Gasteiger partial charge is 0.468 e. The molecular weight excluding hydrogens is 354 g/mol. The van der Waals surface area contributed by atoms with Crippen LogP contribution in [0.4, 0.5) is 5.69 Å². The third-order valence-corrected chi connectivity index (χ3v) is 6.08. The second kappa shape index (κ2) is 8.98. The first-order valence-corrected chi connectivity index (χ1v) is 9.99. The molecule has 1 aromatic heterocycles. The van der Waals surface area contributed by atoms with E-state index in [1.54, 1.807) is 38.3 Å². The van der Waals surface area contributed by atoms with E-state index < -0.39 is 10.0 Å². The number of hydrogen-bond donors (Lipinski definition) is 2. The van der Waals surface area contributed by atoms with Crippen LogP contribution in [0.3, 0.4) is 0 Å². The maximum absolute atomic E-state index is 12.4. The Balaban J connectivity index is 1.93. The van der Waals surface area contributed by atoms with Crippen LogP contribution in [0, 0.1) is 0 Å². The number of nitrogens with zero attached hydrogens (tertiary/aromatic N) is 1. The van der Waals surface area contributed by atoms with E-state index in [2.05, 4.69) is 10.6 Å². The molecule has 0 aliphatic carbocycles. The van der Waals surface area contributed by atoms with Crippen molar-refractivity contribution in [3.8, 4) is 0 Å². The van der Waals surface area contributed by atoms with Gasteiger partial charge in [-0.25, -0.2) is 8.42 Å². The molecule has 2 aromatic rings. The predicted molar refractivity (Wildman–Crippen MR) is 100 cm³/mol. The number of benzene rings is 1. The highest BCUT2D eigenvalue weighted by Gasteiger charge is 2.21. The molecule has 7 nitrogen and oxygen atoms in total.